The average Bonchev–Trinajstić information content (AvgIpc) is 2.39. The van der Waals surface area contributed by atoms with Crippen molar-refractivity contribution in [2.45, 2.75) is 37.7 Å². The second-order valence-corrected chi connectivity index (χ2v) is 2.95. The molecule has 0 heterocycles. The van der Waals surface area contributed by atoms with E-state index in [1.165, 1.54) is 6.47 Å². The highest BCUT2D eigenvalue weighted by Gasteiger charge is 2.35. The second-order valence-electron chi connectivity index (χ2n) is 2.95. The lowest BCUT2D eigenvalue weighted by atomic mass is 9.99. The van der Waals surface area contributed by atoms with Crippen LogP contribution in [0.25, 0.3) is 0 Å². The quantitative estimate of drug-likeness (QED) is 0.568. The maximum atomic E-state index is 10.2. The van der Waals surface area contributed by atoms with Crippen LogP contribution in [0, 0.1) is 0 Å². The first-order valence-corrected chi connectivity index (χ1v) is 3.82. The van der Waals surface area contributed by atoms with Crippen molar-refractivity contribution in [3.63, 3.8) is 0 Å². The Hall–Kier alpha value is -0.860. The number of ether oxygens (including phenoxy) is 1. The van der Waals surface area contributed by atoms with Crippen molar-refractivity contribution in [3.05, 3.63) is 0 Å². The minimum absolute atomic E-state index is 0.322. The molecule has 1 rings (SSSR count). The van der Waals surface area contributed by atoms with Crippen molar-refractivity contribution in [1.29, 1.82) is 0 Å². The Morgan fingerprint density at radius 2 is 2.09 bits per heavy atom. The molecule has 0 N–H and O–H groups in total. The molecule has 0 aromatic rings. The summed E-state index contributed by atoms with van der Waals surface area (Å²) in [4.78, 5) is 20.2. The summed E-state index contributed by atoms with van der Waals surface area (Å²) >= 11 is 0. The van der Waals surface area contributed by atoms with Gasteiger partial charge in [0.1, 0.15) is 11.9 Å². The summed E-state index contributed by atoms with van der Waals surface area (Å²) in [6.07, 6.45) is 4.82. The number of aldehydes is 1. The van der Waals surface area contributed by atoms with Gasteiger partial charge in [0.15, 0.2) is 0 Å². The van der Waals surface area contributed by atoms with Gasteiger partial charge in [-0.15, -0.1) is 0 Å². The predicted molar refractivity (Wildman–Crippen MR) is 38.7 cm³/mol. The van der Waals surface area contributed by atoms with E-state index in [0.717, 1.165) is 32.0 Å². The molecule has 0 unspecified atom stereocenters. The molecule has 1 aliphatic rings. The fraction of sp³-hybridized carbons (Fsp3) is 0.750. The molecule has 3 heteroatoms. The van der Waals surface area contributed by atoms with Crippen molar-refractivity contribution >= 4 is 12.8 Å². The molecule has 0 spiro atoms. The van der Waals surface area contributed by atoms with Gasteiger partial charge < -0.3 is 9.53 Å². The first kappa shape index (κ1) is 8.24. The maximum Gasteiger partial charge on any atom is 0.418 e. The smallest absolute Gasteiger partial charge is 0.418 e. The SMILES string of the molecule is O=[C]OC1(CC=O)CCCC1. The summed E-state index contributed by atoms with van der Waals surface area (Å²) in [7, 11) is 0. The fourth-order valence-corrected chi connectivity index (χ4v) is 1.61. The summed E-state index contributed by atoms with van der Waals surface area (Å²) in [5.74, 6) is 0. The number of rotatable bonds is 4. The lowest BCUT2D eigenvalue weighted by Gasteiger charge is -2.23. The zero-order chi connectivity index (χ0) is 8.16. The molecule has 1 aliphatic carbocycles. The monoisotopic (exact) mass is 155 g/mol. The summed E-state index contributed by atoms with van der Waals surface area (Å²) in [5.41, 5.74) is -0.497. The van der Waals surface area contributed by atoms with Crippen LogP contribution in [-0.4, -0.2) is 18.4 Å². The largest absolute Gasteiger partial charge is 0.450 e. The molecular weight excluding hydrogens is 144 g/mol. The van der Waals surface area contributed by atoms with Gasteiger partial charge in [-0.3, -0.25) is 0 Å². The molecule has 0 bridgehead atoms. The van der Waals surface area contributed by atoms with E-state index in [9.17, 15) is 9.59 Å². The summed E-state index contributed by atoms with van der Waals surface area (Å²) in [5, 5.41) is 0. The second kappa shape index (κ2) is 3.51. The van der Waals surface area contributed by atoms with Gasteiger partial charge in [-0.1, -0.05) is 0 Å². The first-order chi connectivity index (χ1) is 5.33. The van der Waals surface area contributed by atoms with Crippen molar-refractivity contribution in [3.8, 4) is 0 Å². The molecule has 1 fully saturated rings. The van der Waals surface area contributed by atoms with Gasteiger partial charge >= 0.3 is 6.47 Å². The lowest BCUT2D eigenvalue weighted by molar-refractivity contribution is -0.111. The molecule has 1 radical (unpaired) electrons. The molecular formula is C8H11O3. The number of hydrogen-bond donors (Lipinski definition) is 0. The molecule has 0 atom stereocenters. The van der Waals surface area contributed by atoms with Crippen LogP contribution in [0.1, 0.15) is 32.1 Å². The standard InChI is InChI=1S/C8H11O3/c9-6-5-8(11-7-10)3-1-2-4-8/h6H,1-5H2. The maximum absolute atomic E-state index is 10.2. The van der Waals surface area contributed by atoms with Gasteiger partial charge in [-0.05, 0) is 25.7 Å². The van der Waals surface area contributed by atoms with E-state index in [1.54, 1.807) is 0 Å². The van der Waals surface area contributed by atoms with Crippen molar-refractivity contribution in [2.75, 3.05) is 0 Å². The van der Waals surface area contributed by atoms with Crippen LogP contribution in [-0.2, 0) is 14.3 Å². The van der Waals surface area contributed by atoms with Gasteiger partial charge in [0.2, 0.25) is 0 Å². The van der Waals surface area contributed by atoms with Crippen LogP contribution >= 0.6 is 0 Å². The Kier molecular flexibility index (Phi) is 2.63. The van der Waals surface area contributed by atoms with E-state index in [0.29, 0.717) is 6.42 Å². The number of carbonyl (C=O) groups is 1. The normalized spacial score (nSPS) is 21.1. The Morgan fingerprint density at radius 3 is 2.55 bits per heavy atom. The Morgan fingerprint density at radius 1 is 1.45 bits per heavy atom. The van der Waals surface area contributed by atoms with Crippen LogP contribution in [0.5, 0.6) is 0 Å². The molecule has 61 valence electrons. The van der Waals surface area contributed by atoms with E-state index in [-0.39, 0.29) is 0 Å². The van der Waals surface area contributed by atoms with Crippen LogP contribution in [0.15, 0.2) is 0 Å². The summed E-state index contributed by atoms with van der Waals surface area (Å²) in [6.45, 7) is 1.43. The molecule has 1 saturated carbocycles. The third-order valence-corrected chi connectivity index (χ3v) is 2.23. The van der Waals surface area contributed by atoms with Crippen molar-refractivity contribution in [1.82, 2.24) is 0 Å². The van der Waals surface area contributed by atoms with Gasteiger partial charge in [0, 0.05) is 6.42 Å². The highest BCUT2D eigenvalue weighted by molar-refractivity contribution is 5.53. The molecule has 0 aromatic heterocycles. The molecule has 0 amide bonds. The Balaban J connectivity index is 2.53. The van der Waals surface area contributed by atoms with Crippen molar-refractivity contribution in [2.24, 2.45) is 0 Å². The summed E-state index contributed by atoms with van der Waals surface area (Å²) < 4.78 is 4.79. The predicted octanol–water partition coefficient (Wildman–Crippen LogP) is 0.972. The molecule has 3 nitrogen and oxygen atoms in total. The highest BCUT2D eigenvalue weighted by atomic mass is 16.5. The van der Waals surface area contributed by atoms with Crippen LogP contribution in [0.4, 0.5) is 0 Å². The number of hydrogen-bond acceptors (Lipinski definition) is 3. The van der Waals surface area contributed by atoms with Gasteiger partial charge in [0.25, 0.3) is 0 Å². The van der Waals surface area contributed by atoms with E-state index >= 15 is 0 Å². The van der Waals surface area contributed by atoms with Gasteiger partial charge in [-0.2, -0.15) is 0 Å². The van der Waals surface area contributed by atoms with E-state index in [2.05, 4.69) is 0 Å². The van der Waals surface area contributed by atoms with E-state index < -0.39 is 5.60 Å². The fourth-order valence-electron chi connectivity index (χ4n) is 1.61. The van der Waals surface area contributed by atoms with Crippen LogP contribution in [0.2, 0.25) is 0 Å². The highest BCUT2D eigenvalue weighted by Crippen LogP contribution is 2.34. The van der Waals surface area contributed by atoms with Crippen LogP contribution in [0.3, 0.4) is 0 Å². The zero-order valence-corrected chi connectivity index (χ0v) is 6.34. The third kappa shape index (κ3) is 1.79. The molecule has 0 aliphatic heterocycles. The Labute approximate surface area is 65.7 Å². The zero-order valence-electron chi connectivity index (χ0n) is 6.34. The first-order valence-electron chi connectivity index (χ1n) is 3.82. The minimum atomic E-state index is -0.497. The average molecular weight is 155 g/mol. The Bertz CT molecular complexity index is 135. The molecule has 0 saturated heterocycles. The van der Waals surface area contributed by atoms with Crippen molar-refractivity contribution < 1.29 is 14.3 Å². The minimum Gasteiger partial charge on any atom is -0.450 e. The molecule has 11 heavy (non-hydrogen) atoms. The summed E-state index contributed by atoms with van der Waals surface area (Å²) in [6, 6.07) is 0. The topological polar surface area (TPSA) is 43.4 Å². The third-order valence-electron chi connectivity index (χ3n) is 2.23. The lowest BCUT2D eigenvalue weighted by Crippen LogP contribution is -2.28. The van der Waals surface area contributed by atoms with Gasteiger partial charge in [0.05, 0.1) is 0 Å². The van der Waals surface area contributed by atoms with E-state index in [4.69, 9.17) is 4.74 Å². The van der Waals surface area contributed by atoms with Gasteiger partial charge in [-0.25, -0.2) is 4.79 Å². The number of carbonyl (C=O) groups excluding carboxylic acids is 2. The van der Waals surface area contributed by atoms with Crippen LogP contribution < -0.4 is 0 Å². The van der Waals surface area contributed by atoms with E-state index in [1.807, 2.05) is 0 Å². The molecule has 0 aromatic carbocycles.